The molecule has 2 aliphatic heterocycles. The van der Waals surface area contributed by atoms with Crippen LogP contribution < -0.4 is 20.3 Å². The Morgan fingerprint density at radius 3 is 2.93 bits per heavy atom. The Morgan fingerprint density at radius 2 is 2.22 bits per heavy atom. The number of benzene rings is 1. The van der Waals surface area contributed by atoms with Gasteiger partial charge in [-0.2, -0.15) is 8.78 Å². The number of halogens is 2. The number of amides is 1. The quantitative estimate of drug-likeness (QED) is 0.751. The van der Waals surface area contributed by atoms with E-state index < -0.39 is 12.2 Å². The van der Waals surface area contributed by atoms with Gasteiger partial charge in [0.05, 0.1) is 12.3 Å². The minimum Gasteiger partial charge on any atom is -0.480 e. The second-order valence-electron chi connectivity index (χ2n) is 6.80. The number of carbonyl (C=O) groups excluding carboxylic acids is 1. The molecule has 1 spiro atoms. The Labute approximate surface area is 154 Å². The minimum atomic E-state index is -3.00. The third kappa shape index (κ3) is 4.30. The zero-order valence-corrected chi connectivity index (χ0v) is 14.5. The highest BCUT2D eigenvalue weighted by Gasteiger charge is 2.39. The Bertz CT molecular complexity index is 745. The molecule has 7 nitrogen and oxygen atoms in total. The maximum Gasteiger partial charge on any atom is 0.387 e. The van der Waals surface area contributed by atoms with Crippen LogP contribution in [0.2, 0.25) is 0 Å². The van der Waals surface area contributed by atoms with Gasteiger partial charge in [0.15, 0.2) is 18.1 Å². The molecule has 4 rings (SSSR count). The van der Waals surface area contributed by atoms with E-state index in [-0.39, 0.29) is 30.1 Å². The van der Waals surface area contributed by atoms with Gasteiger partial charge in [0.25, 0.3) is 5.91 Å². The lowest BCUT2D eigenvalue weighted by Gasteiger charge is -2.15. The van der Waals surface area contributed by atoms with Gasteiger partial charge in [-0.3, -0.25) is 15.1 Å². The number of carbonyl (C=O) groups is 1. The van der Waals surface area contributed by atoms with E-state index in [0.29, 0.717) is 24.5 Å². The lowest BCUT2D eigenvalue weighted by atomic mass is 10.0. The SMILES string of the molecule is O=C(COc1cc(C2=CC3(CCOC3)ON2)ccc1OC(F)F)NC1CC1. The Balaban J connectivity index is 1.51. The number of rotatable bonds is 7. The van der Waals surface area contributed by atoms with Crippen molar-refractivity contribution in [1.29, 1.82) is 0 Å². The molecule has 9 heteroatoms. The molecule has 2 fully saturated rings. The smallest absolute Gasteiger partial charge is 0.387 e. The fraction of sp³-hybridized carbons (Fsp3) is 0.500. The zero-order valence-electron chi connectivity index (χ0n) is 14.5. The summed E-state index contributed by atoms with van der Waals surface area (Å²) in [6.45, 7) is -2.22. The van der Waals surface area contributed by atoms with Crippen LogP contribution in [0.1, 0.15) is 24.8 Å². The molecule has 1 amide bonds. The van der Waals surface area contributed by atoms with Crippen molar-refractivity contribution in [3.05, 3.63) is 29.8 Å². The highest BCUT2D eigenvalue weighted by Crippen LogP contribution is 2.36. The normalized spacial score (nSPS) is 24.0. The molecule has 2 heterocycles. The van der Waals surface area contributed by atoms with Crippen LogP contribution >= 0.6 is 0 Å². The summed E-state index contributed by atoms with van der Waals surface area (Å²) >= 11 is 0. The van der Waals surface area contributed by atoms with Crippen molar-refractivity contribution in [2.45, 2.75) is 37.5 Å². The van der Waals surface area contributed by atoms with Crippen molar-refractivity contribution >= 4 is 11.6 Å². The number of ether oxygens (including phenoxy) is 3. The lowest BCUT2D eigenvalue weighted by Crippen LogP contribution is -2.30. The van der Waals surface area contributed by atoms with Gasteiger partial charge < -0.3 is 19.5 Å². The second kappa shape index (κ2) is 7.32. The van der Waals surface area contributed by atoms with Crippen molar-refractivity contribution in [3.63, 3.8) is 0 Å². The number of hydrogen-bond donors (Lipinski definition) is 2. The topological polar surface area (TPSA) is 78.1 Å². The van der Waals surface area contributed by atoms with Crippen LogP contribution in [0.3, 0.4) is 0 Å². The summed E-state index contributed by atoms with van der Waals surface area (Å²) in [5.41, 5.74) is 3.68. The molecule has 146 valence electrons. The molecule has 1 unspecified atom stereocenters. The molecular formula is C18H20F2N2O5. The molecule has 1 atom stereocenters. The summed E-state index contributed by atoms with van der Waals surface area (Å²) in [6.07, 6.45) is 4.53. The predicted molar refractivity (Wildman–Crippen MR) is 90.1 cm³/mol. The second-order valence-corrected chi connectivity index (χ2v) is 6.80. The van der Waals surface area contributed by atoms with Gasteiger partial charge in [0.2, 0.25) is 0 Å². The summed E-state index contributed by atoms with van der Waals surface area (Å²) in [6, 6.07) is 4.73. The van der Waals surface area contributed by atoms with E-state index in [2.05, 4.69) is 15.5 Å². The van der Waals surface area contributed by atoms with Crippen LogP contribution in [0.4, 0.5) is 8.78 Å². The molecule has 0 aromatic heterocycles. The highest BCUT2D eigenvalue weighted by molar-refractivity contribution is 5.78. The molecule has 1 aliphatic carbocycles. The van der Waals surface area contributed by atoms with Crippen LogP contribution in [0.5, 0.6) is 11.5 Å². The number of hydroxylamine groups is 1. The van der Waals surface area contributed by atoms with Gasteiger partial charge in [-0.15, -0.1) is 0 Å². The van der Waals surface area contributed by atoms with E-state index >= 15 is 0 Å². The van der Waals surface area contributed by atoms with Crippen LogP contribution in [0, 0.1) is 0 Å². The molecule has 27 heavy (non-hydrogen) atoms. The van der Waals surface area contributed by atoms with Gasteiger partial charge in [-0.1, -0.05) is 0 Å². The maximum atomic E-state index is 12.7. The van der Waals surface area contributed by atoms with E-state index in [0.717, 1.165) is 19.3 Å². The van der Waals surface area contributed by atoms with Crippen LogP contribution in [-0.2, 0) is 14.4 Å². The Hall–Kier alpha value is -2.39. The van der Waals surface area contributed by atoms with E-state index in [1.807, 2.05) is 6.08 Å². The number of nitrogens with one attached hydrogen (secondary N) is 2. The summed E-state index contributed by atoms with van der Waals surface area (Å²) in [4.78, 5) is 17.5. The number of alkyl halides is 2. The fourth-order valence-electron chi connectivity index (χ4n) is 3.00. The Morgan fingerprint density at radius 1 is 1.37 bits per heavy atom. The molecule has 2 N–H and O–H groups in total. The fourth-order valence-corrected chi connectivity index (χ4v) is 3.00. The molecule has 3 aliphatic rings. The van der Waals surface area contributed by atoms with Crippen LogP contribution in [-0.4, -0.2) is 44.0 Å². The van der Waals surface area contributed by atoms with E-state index in [4.69, 9.17) is 14.3 Å². The maximum absolute atomic E-state index is 12.7. The molecule has 0 bridgehead atoms. The third-order valence-corrected chi connectivity index (χ3v) is 4.56. The van der Waals surface area contributed by atoms with Gasteiger partial charge in [0.1, 0.15) is 5.60 Å². The average Bonchev–Trinajstić information content (AvgIpc) is 3.17. The standard InChI is InChI=1S/C18H20F2N2O5/c19-17(20)26-14-4-1-11(13-8-18(27-22-13)5-6-24-10-18)7-15(14)25-9-16(23)21-12-2-3-12/h1,4,7-8,12,17,22H,2-3,5-6,9-10H2,(H,21,23). The lowest BCUT2D eigenvalue weighted by molar-refractivity contribution is -0.123. The van der Waals surface area contributed by atoms with Crippen molar-refractivity contribution in [2.24, 2.45) is 0 Å². The van der Waals surface area contributed by atoms with Crippen molar-refractivity contribution < 1.29 is 32.6 Å². The zero-order chi connectivity index (χ0) is 18.9. The van der Waals surface area contributed by atoms with E-state index in [1.54, 1.807) is 12.1 Å². The number of hydrogen-bond acceptors (Lipinski definition) is 6. The molecule has 1 saturated heterocycles. The summed E-state index contributed by atoms with van der Waals surface area (Å²) < 4.78 is 40.7. The van der Waals surface area contributed by atoms with Gasteiger partial charge in [0, 0.05) is 24.6 Å². The predicted octanol–water partition coefficient (Wildman–Crippen LogP) is 1.98. The van der Waals surface area contributed by atoms with Crippen molar-refractivity contribution in [3.8, 4) is 11.5 Å². The average molecular weight is 382 g/mol. The summed E-state index contributed by atoms with van der Waals surface area (Å²) in [5.74, 6) is -0.369. The molecule has 1 aromatic carbocycles. The monoisotopic (exact) mass is 382 g/mol. The molecular weight excluding hydrogens is 362 g/mol. The first-order valence-electron chi connectivity index (χ1n) is 8.79. The summed E-state index contributed by atoms with van der Waals surface area (Å²) in [5, 5.41) is 2.78. The largest absolute Gasteiger partial charge is 0.480 e. The molecule has 0 radical (unpaired) electrons. The first-order valence-corrected chi connectivity index (χ1v) is 8.79. The third-order valence-electron chi connectivity index (χ3n) is 4.56. The first kappa shape index (κ1) is 18.0. The van der Waals surface area contributed by atoms with Gasteiger partial charge >= 0.3 is 6.61 Å². The minimum absolute atomic E-state index is 0.0602. The van der Waals surface area contributed by atoms with Crippen LogP contribution in [0.15, 0.2) is 24.3 Å². The van der Waals surface area contributed by atoms with Crippen LogP contribution in [0.25, 0.3) is 5.70 Å². The van der Waals surface area contributed by atoms with Crippen molar-refractivity contribution in [1.82, 2.24) is 10.8 Å². The van der Waals surface area contributed by atoms with Gasteiger partial charge in [-0.05, 0) is 37.1 Å². The highest BCUT2D eigenvalue weighted by atomic mass is 19.3. The Kier molecular flexibility index (Phi) is 4.88. The molecule has 1 saturated carbocycles. The van der Waals surface area contributed by atoms with E-state index in [9.17, 15) is 13.6 Å². The van der Waals surface area contributed by atoms with Crippen molar-refractivity contribution in [2.75, 3.05) is 19.8 Å². The first-order chi connectivity index (χ1) is 13.0. The molecule has 1 aromatic rings. The van der Waals surface area contributed by atoms with E-state index in [1.165, 1.54) is 6.07 Å². The summed E-state index contributed by atoms with van der Waals surface area (Å²) in [7, 11) is 0. The van der Waals surface area contributed by atoms with Gasteiger partial charge in [-0.25, -0.2) is 0 Å².